The number of thiophene rings is 1. The first-order valence-corrected chi connectivity index (χ1v) is 7.19. The zero-order chi connectivity index (χ0) is 10.8. The van der Waals surface area contributed by atoms with E-state index < -0.39 is 0 Å². The maximum absolute atomic E-state index is 4.63. The molecule has 2 heterocycles. The van der Waals surface area contributed by atoms with Gasteiger partial charge in [0.1, 0.15) is 5.84 Å². The Hall–Kier alpha value is -0.830. The first-order chi connectivity index (χ1) is 7.93. The number of hydrogen-bond acceptors (Lipinski definition) is 3. The second kappa shape index (κ2) is 4.58. The molecule has 2 nitrogen and oxygen atoms in total. The Balaban J connectivity index is 1.72. The summed E-state index contributed by atoms with van der Waals surface area (Å²) in [5.74, 6) is 2.04. The topological polar surface area (TPSA) is 24.4 Å². The Morgan fingerprint density at radius 3 is 3.06 bits per heavy atom. The molecule has 0 unspecified atom stereocenters. The first-order valence-electron chi connectivity index (χ1n) is 6.31. The molecule has 0 radical (unpaired) electrons. The number of nitrogens with one attached hydrogen (secondary N) is 1. The average Bonchev–Trinajstić information content (AvgIpc) is 3.07. The van der Waals surface area contributed by atoms with Crippen LogP contribution in [0.25, 0.3) is 0 Å². The summed E-state index contributed by atoms with van der Waals surface area (Å²) in [4.78, 5) is 4.63. The molecule has 3 heteroatoms. The lowest BCUT2D eigenvalue weighted by atomic mass is 10.2. The summed E-state index contributed by atoms with van der Waals surface area (Å²) in [6, 6.07) is 2.28. The molecule has 1 saturated carbocycles. The van der Waals surface area contributed by atoms with Gasteiger partial charge in [-0.2, -0.15) is 0 Å². The van der Waals surface area contributed by atoms with Gasteiger partial charge in [-0.3, -0.25) is 4.99 Å². The number of nitrogens with zero attached hydrogens (tertiary/aromatic N) is 1. The van der Waals surface area contributed by atoms with Crippen LogP contribution in [-0.4, -0.2) is 12.4 Å². The maximum Gasteiger partial charge on any atom is 0.101 e. The van der Waals surface area contributed by atoms with Gasteiger partial charge in [0.25, 0.3) is 0 Å². The van der Waals surface area contributed by atoms with Crippen LogP contribution in [0, 0.1) is 0 Å². The predicted molar refractivity (Wildman–Crippen MR) is 70.7 cm³/mol. The molecule has 1 aromatic rings. The molecular formula is C13H18N2S. The normalized spacial score (nSPS) is 21.4. The van der Waals surface area contributed by atoms with E-state index in [9.17, 15) is 0 Å². The zero-order valence-electron chi connectivity index (χ0n) is 9.54. The van der Waals surface area contributed by atoms with Gasteiger partial charge in [0, 0.05) is 13.0 Å². The predicted octanol–water partition coefficient (Wildman–Crippen LogP) is 4.01. The zero-order valence-corrected chi connectivity index (χ0v) is 10.4. The molecule has 1 fully saturated rings. The van der Waals surface area contributed by atoms with Crippen LogP contribution < -0.4 is 5.32 Å². The fraction of sp³-hybridized carbons (Fsp3) is 0.615. The van der Waals surface area contributed by atoms with Crippen molar-refractivity contribution in [3.05, 3.63) is 17.0 Å². The summed E-state index contributed by atoms with van der Waals surface area (Å²) in [5, 5.41) is 7.11. The number of anilines is 1. The Morgan fingerprint density at radius 1 is 1.25 bits per heavy atom. The van der Waals surface area contributed by atoms with Gasteiger partial charge in [0.05, 0.1) is 5.00 Å². The van der Waals surface area contributed by atoms with Crippen molar-refractivity contribution in [1.29, 1.82) is 0 Å². The van der Waals surface area contributed by atoms with E-state index in [1.807, 2.05) is 11.3 Å². The highest BCUT2D eigenvalue weighted by Gasteiger charge is 2.27. The molecule has 0 bridgehead atoms. The van der Waals surface area contributed by atoms with Gasteiger partial charge in [-0.1, -0.05) is 6.42 Å². The Bertz CT molecular complexity index is 390. The standard InChI is InChI=1S/C13H18N2S/c1-2-4-12(14-8-3-1)15-13-11(7-9-16-13)10-5-6-10/h7,9-10H,1-6,8H2,(H,14,15). The van der Waals surface area contributed by atoms with E-state index >= 15 is 0 Å². The lowest BCUT2D eigenvalue weighted by Gasteiger charge is -2.08. The minimum atomic E-state index is 0.833. The molecule has 1 aliphatic heterocycles. The molecule has 1 aromatic heterocycles. The minimum Gasteiger partial charge on any atom is -0.336 e. The smallest absolute Gasteiger partial charge is 0.101 e. The van der Waals surface area contributed by atoms with Gasteiger partial charge < -0.3 is 5.32 Å². The number of hydrogen-bond donors (Lipinski definition) is 1. The fourth-order valence-corrected chi connectivity index (χ4v) is 3.14. The largest absolute Gasteiger partial charge is 0.336 e. The molecule has 2 aliphatic rings. The Morgan fingerprint density at radius 2 is 2.19 bits per heavy atom. The SMILES string of the molecule is c1cc(C2CC2)c(NC2=NCCCCC2)s1. The van der Waals surface area contributed by atoms with Crippen LogP contribution in [0.2, 0.25) is 0 Å². The number of amidine groups is 1. The Labute approximate surface area is 101 Å². The molecule has 16 heavy (non-hydrogen) atoms. The van der Waals surface area contributed by atoms with E-state index in [0.717, 1.165) is 18.9 Å². The number of rotatable bonds is 2. The highest BCUT2D eigenvalue weighted by Crippen LogP contribution is 2.45. The van der Waals surface area contributed by atoms with Crippen LogP contribution in [0.4, 0.5) is 5.00 Å². The van der Waals surface area contributed by atoms with Crippen LogP contribution in [-0.2, 0) is 0 Å². The summed E-state index contributed by atoms with van der Waals surface area (Å²) < 4.78 is 0. The average molecular weight is 234 g/mol. The molecule has 3 rings (SSSR count). The van der Waals surface area contributed by atoms with Gasteiger partial charge in [0.2, 0.25) is 0 Å². The highest BCUT2D eigenvalue weighted by molar-refractivity contribution is 7.14. The van der Waals surface area contributed by atoms with Gasteiger partial charge in [-0.25, -0.2) is 0 Å². The van der Waals surface area contributed by atoms with E-state index in [0.29, 0.717) is 0 Å². The minimum absolute atomic E-state index is 0.833. The van der Waals surface area contributed by atoms with Crippen molar-refractivity contribution in [3.63, 3.8) is 0 Å². The summed E-state index contributed by atoms with van der Waals surface area (Å²) in [6.45, 7) is 1.01. The van der Waals surface area contributed by atoms with E-state index in [1.54, 1.807) is 0 Å². The van der Waals surface area contributed by atoms with Crippen LogP contribution in [0.1, 0.15) is 50.0 Å². The molecule has 0 atom stereocenters. The summed E-state index contributed by atoms with van der Waals surface area (Å²) in [6.07, 6.45) is 7.74. The van der Waals surface area contributed by atoms with E-state index in [-0.39, 0.29) is 0 Å². The Kier molecular flexibility index (Phi) is 2.96. The van der Waals surface area contributed by atoms with Crippen LogP contribution in [0.15, 0.2) is 16.4 Å². The third-order valence-electron chi connectivity index (χ3n) is 3.35. The lowest BCUT2D eigenvalue weighted by molar-refractivity contribution is 0.731. The third-order valence-corrected chi connectivity index (χ3v) is 4.19. The van der Waals surface area contributed by atoms with E-state index in [4.69, 9.17) is 0 Å². The molecule has 86 valence electrons. The molecule has 0 amide bonds. The van der Waals surface area contributed by atoms with Gasteiger partial charge in [-0.05, 0) is 48.6 Å². The molecule has 0 saturated heterocycles. The lowest BCUT2D eigenvalue weighted by Crippen LogP contribution is -2.11. The molecular weight excluding hydrogens is 216 g/mol. The van der Waals surface area contributed by atoms with Gasteiger partial charge >= 0.3 is 0 Å². The first kappa shape index (κ1) is 10.3. The van der Waals surface area contributed by atoms with Crippen LogP contribution >= 0.6 is 11.3 Å². The van der Waals surface area contributed by atoms with Crippen molar-refractivity contribution in [3.8, 4) is 0 Å². The van der Waals surface area contributed by atoms with Crippen molar-refractivity contribution >= 4 is 22.2 Å². The third kappa shape index (κ3) is 2.29. The summed E-state index contributed by atoms with van der Waals surface area (Å²) in [5.41, 5.74) is 1.52. The fourth-order valence-electron chi connectivity index (χ4n) is 2.24. The van der Waals surface area contributed by atoms with Crippen LogP contribution in [0.5, 0.6) is 0 Å². The summed E-state index contributed by atoms with van der Waals surface area (Å²) >= 11 is 1.83. The molecule has 0 aromatic carbocycles. The van der Waals surface area contributed by atoms with E-state index in [2.05, 4.69) is 21.8 Å². The van der Waals surface area contributed by atoms with E-state index in [1.165, 1.54) is 48.5 Å². The van der Waals surface area contributed by atoms with Crippen LogP contribution in [0.3, 0.4) is 0 Å². The van der Waals surface area contributed by atoms with Crippen molar-refractivity contribution in [1.82, 2.24) is 0 Å². The second-order valence-electron chi connectivity index (χ2n) is 4.74. The molecule has 0 spiro atoms. The van der Waals surface area contributed by atoms with Crippen molar-refractivity contribution in [2.24, 2.45) is 4.99 Å². The van der Waals surface area contributed by atoms with Gasteiger partial charge in [-0.15, -0.1) is 11.3 Å². The monoisotopic (exact) mass is 234 g/mol. The second-order valence-corrected chi connectivity index (χ2v) is 5.66. The van der Waals surface area contributed by atoms with Crippen molar-refractivity contribution in [2.45, 2.75) is 44.4 Å². The van der Waals surface area contributed by atoms with Gasteiger partial charge in [0.15, 0.2) is 0 Å². The number of aliphatic imine (C=N–C) groups is 1. The van der Waals surface area contributed by atoms with Crippen molar-refractivity contribution < 1.29 is 0 Å². The molecule has 1 N–H and O–H groups in total. The maximum atomic E-state index is 4.63. The molecule has 1 aliphatic carbocycles. The quantitative estimate of drug-likeness (QED) is 0.821. The van der Waals surface area contributed by atoms with Crippen molar-refractivity contribution in [2.75, 3.05) is 11.9 Å². The highest BCUT2D eigenvalue weighted by atomic mass is 32.1. The summed E-state index contributed by atoms with van der Waals surface area (Å²) in [7, 11) is 0.